The van der Waals surface area contributed by atoms with Gasteiger partial charge in [-0.15, -0.1) is 0 Å². The highest BCUT2D eigenvalue weighted by atomic mass is 16.5. The zero-order chi connectivity index (χ0) is 12.5. The van der Waals surface area contributed by atoms with Crippen LogP contribution in [0.4, 0.5) is 0 Å². The number of nitrogens with zero attached hydrogens (tertiary/aromatic N) is 1. The first-order valence-corrected chi connectivity index (χ1v) is 5.64. The Kier molecular flexibility index (Phi) is 2.60. The van der Waals surface area contributed by atoms with E-state index in [1.807, 2.05) is 18.2 Å². The van der Waals surface area contributed by atoms with Gasteiger partial charge in [-0.2, -0.15) is 0 Å². The van der Waals surface area contributed by atoms with Crippen LogP contribution in [0.15, 0.2) is 28.8 Å². The highest BCUT2D eigenvalue weighted by molar-refractivity contribution is 5.86. The number of hydrogen-bond acceptors (Lipinski definition) is 4. The molecular formula is C13H11NO4. The van der Waals surface area contributed by atoms with Crippen LogP contribution in [-0.4, -0.2) is 22.8 Å². The van der Waals surface area contributed by atoms with Gasteiger partial charge in [0.2, 0.25) is 0 Å². The normalized spacial score (nSPS) is 14.2. The van der Waals surface area contributed by atoms with E-state index in [9.17, 15) is 4.79 Å². The van der Waals surface area contributed by atoms with Gasteiger partial charge in [-0.1, -0.05) is 17.3 Å². The summed E-state index contributed by atoms with van der Waals surface area (Å²) in [6, 6.07) is 7.31. The Morgan fingerprint density at radius 3 is 2.94 bits per heavy atom. The third kappa shape index (κ3) is 1.89. The number of carboxylic acid groups (broad SMARTS) is 1. The van der Waals surface area contributed by atoms with Gasteiger partial charge in [-0.3, -0.25) is 0 Å². The molecule has 0 unspecified atom stereocenters. The molecule has 0 saturated carbocycles. The van der Waals surface area contributed by atoms with Crippen LogP contribution in [0.3, 0.4) is 0 Å². The summed E-state index contributed by atoms with van der Waals surface area (Å²) in [6.45, 7) is 1.35. The van der Waals surface area contributed by atoms with Gasteiger partial charge in [0.25, 0.3) is 0 Å². The van der Waals surface area contributed by atoms with Crippen molar-refractivity contribution in [1.82, 2.24) is 5.16 Å². The number of benzene rings is 1. The number of fused-ring (bicyclic) bond motifs is 1. The second-order valence-corrected chi connectivity index (χ2v) is 4.17. The lowest BCUT2D eigenvalue weighted by Crippen LogP contribution is -2.09. The molecule has 0 bridgehead atoms. The summed E-state index contributed by atoms with van der Waals surface area (Å²) in [4.78, 5) is 10.7. The molecular weight excluding hydrogens is 234 g/mol. The standard InChI is InChI=1S/C13H11NO4/c15-13(16)11-6-12(18-14-11)9-1-2-10-7-17-4-3-8(10)5-9/h1-2,5-6H,3-4,7H2,(H,15,16). The lowest BCUT2D eigenvalue weighted by molar-refractivity contribution is 0.0686. The number of carbonyl (C=O) groups is 1. The van der Waals surface area contributed by atoms with Crippen LogP contribution in [0, 0.1) is 0 Å². The second kappa shape index (κ2) is 4.27. The minimum absolute atomic E-state index is 0.0777. The van der Waals surface area contributed by atoms with E-state index < -0.39 is 5.97 Å². The minimum Gasteiger partial charge on any atom is -0.476 e. The van der Waals surface area contributed by atoms with Crippen molar-refractivity contribution in [3.05, 3.63) is 41.1 Å². The van der Waals surface area contributed by atoms with Crippen LogP contribution < -0.4 is 0 Å². The van der Waals surface area contributed by atoms with Crippen molar-refractivity contribution in [2.24, 2.45) is 0 Å². The van der Waals surface area contributed by atoms with Gasteiger partial charge in [-0.05, 0) is 23.6 Å². The van der Waals surface area contributed by atoms with Crippen LogP contribution in [0.1, 0.15) is 21.6 Å². The minimum atomic E-state index is -1.09. The summed E-state index contributed by atoms with van der Waals surface area (Å²) in [5, 5.41) is 12.3. The fraction of sp³-hybridized carbons (Fsp3) is 0.231. The van der Waals surface area contributed by atoms with E-state index in [4.69, 9.17) is 14.4 Å². The van der Waals surface area contributed by atoms with Crippen molar-refractivity contribution in [3.63, 3.8) is 0 Å². The molecule has 1 aromatic heterocycles. The molecule has 1 aliphatic rings. The Bertz CT molecular complexity index is 603. The molecule has 1 aliphatic heterocycles. The van der Waals surface area contributed by atoms with Crippen molar-refractivity contribution in [2.45, 2.75) is 13.0 Å². The molecule has 1 N–H and O–H groups in total. The summed E-state index contributed by atoms with van der Waals surface area (Å²) in [5.41, 5.74) is 3.15. The molecule has 0 atom stereocenters. The third-order valence-corrected chi connectivity index (χ3v) is 2.99. The first kappa shape index (κ1) is 11.0. The quantitative estimate of drug-likeness (QED) is 0.877. The van der Waals surface area contributed by atoms with Crippen LogP contribution in [-0.2, 0) is 17.8 Å². The van der Waals surface area contributed by atoms with Crippen molar-refractivity contribution < 1.29 is 19.2 Å². The monoisotopic (exact) mass is 245 g/mol. The largest absolute Gasteiger partial charge is 0.476 e. The molecule has 2 aromatic rings. The number of hydrogen-bond donors (Lipinski definition) is 1. The Morgan fingerprint density at radius 2 is 2.17 bits per heavy atom. The van der Waals surface area contributed by atoms with Gasteiger partial charge >= 0.3 is 5.97 Å². The highest BCUT2D eigenvalue weighted by Crippen LogP contribution is 2.26. The number of ether oxygens (including phenoxy) is 1. The Balaban J connectivity index is 1.98. The Morgan fingerprint density at radius 1 is 1.28 bits per heavy atom. The molecule has 18 heavy (non-hydrogen) atoms. The molecule has 3 rings (SSSR count). The maximum absolute atomic E-state index is 10.7. The van der Waals surface area contributed by atoms with Gasteiger partial charge in [-0.25, -0.2) is 4.79 Å². The molecule has 5 nitrogen and oxygen atoms in total. The number of carboxylic acids is 1. The van der Waals surface area contributed by atoms with E-state index in [0.29, 0.717) is 19.0 Å². The number of aromatic nitrogens is 1. The molecule has 1 aromatic carbocycles. The highest BCUT2D eigenvalue weighted by Gasteiger charge is 2.15. The topological polar surface area (TPSA) is 72.6 Å². The lowest BCUT2D eigenvalue weighted by Gasteiger charge is -2.16. The predicted octanol–water partition coefficient (Wildman–Crippen LogP) is 2.11. The van der Waals surface area contributed by atoms with E-state index in [2.05, 4.69) is 5.16 Å². The average Bonchev–Trinajstić information content (AvgIpc) is 2.88. The van der Waals surface area contributed by atoms with Crippen molar-refractivity contribution in [1.29, 1.82) is 0 Å². The second-order valence-electron chi connectivity index (χ2n) is 4.17. The summed E-state index contributed by atoms with van der Waals surface area (Å²) in [6.07, 6.45) is 0.864. The molecule has 5 heteroatoms. The van der Waals surface area contributed by atoms with Crippen LogP contribution in [0.25, 0.3) is 11.3 Å². The first-order chi connectivity index (χ1) is 8.74. The lowest BCUT2D eigenvalue weighted by atomic mass is 9.99. The summed E-state index contributed by atoms with van der Waals surface area (Å²) < 4.78 is 10.4. The fourth-order valence-corrected chi connectivity index (χ4v) is 2.03. The smallest absolute Gasteiger partial charge is 0.358 e. The van der Waals surface area contributed by atoms with Crippen molar-refractivity contribution in [3.8, 4) is 11.3 Å². The zero-order valence-corrected chi connectivity index (χ0v) is 9.55. The Labute approximate surface area is 103 Å². The fourth-order valence-electron chi connectivity index (χ4n) is 2.03. The van der Waals surface area contributed by atoms with Crippen molar-refractivity contribution in [2.75, 3.05) is 6.61 Å². The van der Waals surface area contributed by atoms with Crippen LogP contribution in [0.5, 0.6) is 0 Å². The summed E-state index contributed by atoms with van der Waals surface area (Å²) in [5.74, 6) is -0.613. The van der Waals surface area contributed by atoms with Crippen molar-refractivity contribution >= 4 is 5.97 Å². The molecule has 0 spiro atoms. The third-order valence-electron chi connectivity index (χ3n) is 2.99. The maximum atomic E-state index is 10.7. The predicted molar refractivity (Wildman–Crippen MR) is 62.3 cm³/mol. The van der Waals surface area contributed by atoms with Gasteiger partial charge in [0.05, 0.1) is 13.2 Å². The molecule has 0 saturated heterocycles. The molecule has 0 amide bonds. The number of rotatable bonds is 2. The summed E-state index contributed by atoms with van der Waals surface area (Å²) >= 11 is 0. The van der Waals surface area contributed by atoms with Gasteiger partial charge in [0, 0.05) is 11.6 Å². The van der Waals surface area contributed by atoms with E-state index in [0.717, 1.165) is 12.0 Å². The Hall–Kier alpha value is -2.14. The van der Waals surface area contributed by atoms with E-state index in [1.165, 1.54) is 17.2 Å². The molecule has 92 valence electrons. The van der Waals surface area contributed by atoms with Crippen LogP contribution >= 0.6 is 0 Å². The van der Waals surface area contributed by atoms with E-state index in [-0.39, 0.29) is 5.69 Å². The van der Waals surface area contributed by atoms with Gasteiger partial charge in [0.15, 0.2) is 11.5 Å². The van der Waals surface area contributed by atoms with E-state index >= 15 is 0 Å². The van der Waals surface area contributed by atoms with Gasteiger partial charge < -0.3 is 14.4 Å². The maximum Gasteiger partial charge on any atom is 0.358 e. The molecule has 0 radical (unpaired) electrons. The molecule has 0 fully saturated rings. The van der Waals surface area contributed by atoms with Gasteiger partial charge in [0.1, 0.15) is 0 Å². The molecule has 2 heterocycles. The van der Waals surface area contributed by atoms with E-state index in [1.54, 1.807) is 0 Å². The zero-order valence-electron chi connectivity index (χ0n) is 9.55. The summed E-state index contributed by atoms with van der Waals surface area (Å²) in [7, 11) is 0. The first-order valence-electron chi connectivity index (χ1n) is 5.64. The SMILES string of the molecule is O=C(O)c1cc(-c2ccc3c(c2)CCOC3)on1. The number of aromatic carboxylic acids is 1. The van der Waals surface area contributed by atoms with Crippen LogP contribution in [0.2, 0.25) is 0 Å². The molecule has 0 aliphatic carbocycles. The average molecular weight is 245 g/mol.